The first-order chi connectivity index (χ1) is 12.0. The third-order valence-electron chi connectivity index (χ3n) is 4.70. The summed E-state index contributed by atoms with van der Waals surface area (Å²) in [5.74, 6) is -0.110. The van der Waals surface area contributed by atoms with E-state index in [1.165, 1.54) is 0 Å². The number of nitrogens with zero attached hydrogens (tertiary/aromatic N) is 1. The van der Waals surface area contributed by atoms with E-state index in [1.807, 2.05) is 38.1 Å². The van der Waals surface area contributed by atoms with Gasteiger partial charge >= 0.3 is 0 Å². The topological polar surface area (TPSA) is 61.7 Å². The van der Waals surface area contributed by atoms with E-state index in [0.29, 0.717) is 5.92 Å². The summed E-state index contributed by atoms with van der Waals surface area (Å²) in [7, 11) is 0. The molecule has 0 bridgehead atoms. The number of phenolic OH excluding ortho intramolecular Hbond substituents is 1. The summed E-state index contributed by atoms with van der Waals surface area (Å²) in [5, 5.41) is 16.2. The first-order valence-electron chi connectivity index (χ1n) is 8.37. The molecule has 1 aliphatic carbocycles. The Morgan fingerprint density at radius 1 is 1.28 bits per heavy atom. The highest BCUT2D eigenvalue weighted by Gasteiger charge is 2.19. The number of carbonyl (C=O) groups excluding carboxylic acids is 1. The van der Waals surface area contributed by atoms with Crippen LogP contribution in [0.25, 0.3) is 10.8 Å². The lowest BCUT2D eigenvalue weighted by Crippen LogP contribution is -2.23. The molecule has 25 heavy (non-hydrogen) atoms. The van der Waals surface area contributed by atoms with Gasteiger partial charge in [0.05, 0.1) is 11.3 Å². The van der Waals surface area contributed by atoms with Crippen LogP contribution in [0.4, 0.5) is 0 Å². The largest absolute Gasteiger partial charge is 0.507 e. The lowest BCUT2D eigenvalue weighted by Gasteiger charge is -2.22. The standard InChI is InChI=1S/C21H22N2O2/c1-13(2)15-9-8-14(3)19(11-15)22-23-21(25)18-10-16-6-4-5-7-17(16)12-20(18)24/h4-8,10,12,15,24H,1,9,11H2,2-3H3,(H,23,25)/b22-19-. The van der Waals surface area contributed by atoms with Gasteiger partial charge in [0.2, 0.25) is 0 Å². The van der Waals surface area contributed by atoms with E-state index in [9.17, 15) is 9.90 Å². The summed E-state index contributed by atoms with van der Waals surface area (Å²) in [4.78, 5) is 12.5. The predicted octanol–water partition coefficient (Wildman–Crippen LogP) is 4.56. The highest BCUT2D eigenvalue weighted by atomic mass is 16.3. The van der Waals surface area contributed by atoms with Crippen LogP contribution in [0.1, 0.15) is 37.0 Å². The molecule has 0 radical (unpaired) electrons. The van der Waals surface area contributed by atoms with Crippen LogP contribution in [0.5, 0.6) is 5.75 Å². The lowest BCUT2D eigenvalue weighted by atomic mass is 9.85. The number of aromatic hydroxyl groups is 1. The van der Waals surface area contributed by atoms with Crippen molar-refractivity contribution >= 4 is 22.4 Å². The van der Waals surface area contributed by atoms with Gasteiger partial charge < -0.3 is 5.11 Å². The Morgan fingerprint density at radius 2 is 1.96 bits per heavy atom. The normalized spacial score (nSPS) is 18.9. The van der Waals surface area contributed by atoms with Crippen molar-refractivity contribution in [2.24, 2.45) is 11.0 Å². The minimum Gasteiger partial charge on any atom is -0.507 e. The summed E-state index contributed by atoms with van der Waals surface area (Å²) in [6, 6.07) is 10.9. The Labute approximate surface area is 147 Å². The van der Waals surface area contributed by atoms with Gasteiger partial charge in [-0.1, -0.05) is 42.5 Å². The Balaban J connectivity index is 1.82. The van der Waals surface area contributed by atoms with Crippen LogP contribution in [-0.4, -0.2) is 16.7 Å². The summed E-state index contributed by atoms with van der Waals surface area (Å²) in [6.07, 6.45) is 3.85. The smallest absolute Gasteiger partial charge is 0.275 e. The average Bonchev–Trinajstić information content (AvgIpc) is 2.60. The molecule has 2 aromatic carbocycles. The number of hydrogen-bond donors (Lipinski definition) is 2. The maximum atomic E-state index is 12.5. The third-order valence-corrected chi connectivity index (χ3v) is 4.70. The van der Waals surface area contributed by atoms with Crippen LogP contribution in [0.2, 0.25) is 0 Å². The molecule has 0 spiro atoms. The van der Waals surface area contributed by atoms with Gasteiger partial charge in [0.25, 0.3) is 5.91 Å². The molecule has 1 amide bonds. The minimum atomic E-state index is -0.416. The zero-order chi connectivity index (χ0) is 18.0. The monoisotopic (exact) mass is 334 g/mol. The number of hydrogen-bond acceptors (Lipinski definition) is 3. The molecule has 1 aliphatic rings. The van der Waals surface area contributed by atoms with Crippen molar-refractivity contribution in [3.8, 4) is 5.75 Å². The van der Waals surface area contributed by atoms with E-state index in [4.69, 9.17) is 0 Å². The van der Waals surface area contributed by atoms with Crippen molar-refractivity contribution in [3.63, 3.8) is 0 Å². The zero-order valence-electron chi connectivity index (χ0n) is 14.5. The molecule has 4 heteroatoms. The Kier molecular flexibility index (Phi) is 4.70. The molecule has 3 rings (SSSR count). The van der Waals surface area contributed by atoms with Gasteiger partial charge in [-0.15, -0.1) is 0 Å². The summed E-state index contributed by atoms with van der Waals surface area (Å²) >= 11 is 0. The van der Waals surface area contributed by atoms with Crippen LogP contribution in [0.15, 0.2) is 65.3 Å². The number of carbonyl (C=O) groups is 1. The number of phenols is 1. The van der Waals surface area contributed by atoms with E-state index in [-0.39, 0.29) is 11.3 Å². The first-order valence-corrected chi connectivity index (χ1v) is 8.37. The van der Waals surface area contributed by atoms with Gasteiger partial charge in [-0.3, -0.25) is 4.79 Å². The maximum absolute atomic E-state index is 12.5. The van der Waals surface area contributed by atoms with E-state index in [1.54, 1.807) is 12.1 Å². The first kappa shape index (κ1) is 17.0. The summed E-state index contributed by atoms with van der Waals surface area (Å²) < 4.78 is 0. The van der Waals surface area contributed by atoms with Gasteiger partial charge in [-0.2, -0.15) is 5.10 Å². The SMILES string of the molecule is C=C(C)C1CC=C(C)/C(=N\NC(=O)c2cc3ccccc3cc2O)C1. The second kappa shape index (κ2) is 6.93. The number of fused-ring (bicyclic) bond motifs is 1. The van der Waals surface area contributed by atoms with E-state index in [2.05, 4.69) is 23.2 Å². The van der Waals surface area contributed by atoms with Crippen molar-refractivity contribution < 1.29 is 9.90 Å². The van der Waals surface area contributed by atoms with Crippen LogP contribution in [0.3, 0.4) is 0 Å². The molecule has 0 fully saturated rings. The molecule has 0 aromatic heterocycles. The van der Waals surface area contributed by atoms with Gasteiger partial charge in [0, 0.05) is 0 Å². The van der Waals surface area contributed by atoms with Gasteiger partial charge in [-0.25, -0.2) is 5.43 Å². The zero-order valence-corrected chi connectivity index (χ0v) is 14.5. The molecule has 2 aromatic rings. The molecule has 128 valence electrons. The third kappa shape index (κ3) is 3.63. The fraction of sp³-hybridized carbons (Fsp3) is 0.238. The highest BCUT2D eigenvalue weighted by molar-refractivity contribution is 6.04. The molecule has 0 saturated carbocycles. The van der Waals surface area contributed by atoms with Crippen molar-refractivity contribution in [1.82, 2.24) is 5.43 Å². The molecule has 1 atom stereocenters. The number of benzene rings is 2. The number of nitrogens with one attached hydrogen (secondary N) is 1. The molecule has 0 aliphatic heterocycles. The van der Waals surface area contributed by atoms with Crippen molar-refractivity contribution in [2.75, 3.05) is 0 Å². The van der Waals surface area contributed by atoms with Gasteiger partial charge in [0.15, 0.2) is 0 Å². The maximum Gasteiger partial charge on any atom is 0.275 e. The summed E-state index contributed by atoms with van der Waals surface area (Å²) in [6.45, 7) is 8.03. The van der Waals surface area contributed by atoms with E-state index < -0.39 is 5.91 Å². The molecule has 1 unspecified atom stereocenters. The van der Waals surface area contributed by atoms with Crippen molar-refractivity contribution in [2.45, 2.75) is 26.7 Å². The molecule has 2 N–H and O–H groups in total. The van der Waals surface area contributed by atoms with E-state index in [0.717, 1.165) is 40.5 Å². The van der Waals surface area contributed by atoms with Crippen LogP contribution < -0.4 is 5.43 Å². The van der Waals surface area contributed by atoms with E-state index >= 15 is 0 Å². The highest BCUT2D eigenvalue weighted by Crippen LogP contribution is 2.27. The quantitative estimate of drug-likeness (QED) is 0.638. The van der Waals surface area contributed by atoms with Crippen LogP contribution in [-0.2, 0) is 0 Å². The fourth-order valence-corrected chi connectivity index (χ4v) is 3.01. The number of amides is 1. The van der Waals surface area contributed by atoms with Crippen molar-refractivity contribution in [1.29, 1.82) is 0 Å². The van der Waals surface area contributed by atoms with Gasteiger partial charge in [-0.05, 0) is 61.1 Å². The molecular weight excluding hydrogens is 312 g/mol. The fourth-order valence-electron chi connectivity index (χ4n) is 3.01. The molecule has 4 nitrogen and oxygen atoms in total. The average molecular weight is 334 g/mol. The minimum absolute atomic E-state index is 0.0490. The predicted molar refractivity (Wildman–Crippen MR) is 102 cm³/mol. The Morgan fingerprint density at radius 3 is 2.64 bits per heavy atom. The number of hydrazone groups is 1. The second-order valence-electron chi connectivity index (χ2n) is 6.59. The van der Waals surface area contributed by atoms with Crippen molar-refractivity contribution in [3.05, 3.63) is 65.8 Å². The van der Waals surface area contributed by atoms with Gasteiger partial charge in [0.1, 0.15) is 5.75 Å². The molecule has 0 saturated heterocycles. The number of allylic oxidation sites excluding steroid dienone is 3. The second-order valence-corrected chi connectivity index (χ2v) is 6.59. The van der Waals surface area contributed by atoms with Crippen LogP contribution in [0, 0.1) is 5.92 Å². The Hall–Kier alpha value is -2.88. The molecule has 0 heterocycles. The van der Waals surface area contributed by atoms with Crippen LogP contribution >= 0.6 is 0 Å². The number of rotatable bonds is 3. The molecular formula is C21H22N2O2. The lowest BCUT2D eigenvalue weighted by molar-refractivity contribution is 0.0952. The summed E-state index contributed by atoms with van der Waals surface area (Å²) in [5.41, 5.74) is 5.85. The Bertz CT molecular complexity index is 909.